The molecule has 0 aromatic carbocycles. The molecule has 80 valence electrons. The summed E-state index contributed by atoms with van der Waals surface area (Å²) in [6, 6.07) is 6.47. The molecule has 0 nitrogen and oxygen atoms in total. The fourth-order valence-corrected chi connectivity index (χ4v) is 5.36. The molecule has 0 fully saturated rings. The fourth-order valence-electron chi connectivity index (χ4n) is 1.64. The second kappa shape index (κ2) is 4.66. The Morgan fingerprint density at radius 3 is 2.41 bits per heavy atom. The highest BCUT2D eigenvalue weighted by Gasteiger charge is 2.14. The van der Waals surface area contributed by atoms with E-state index in [4.69, 9.17) is 0 Å². The molecule has 3 aromatic rings. The number of hydrogen-bond acceptors (Lipinski definition) is 3. The van der Waals surface area contributed by atoms with Gasteiger partial charge in [-0.2, -0.15) is 0 Å². The Hall–Kier alpha value is -0.466. The average molecular weight is 303 g/mol. The lowest BCUT2D eigenvalue weighted by molar-refractivity contribution is 1.88. The Morgan fingerprint density at radius 1 is 0.882 bits per heavy atom. The molecule has 0 saturated carbocycles. The van der Waals surface area contributed by atoms with Crippen molar-refractivity contribution < 1.29 is 0 Å². The normalized spacial score (nSPS) is 10.9. The summed E-state index contributed by atoms with van der Waals surface area (Å²) in [5.74, 6) is 0. The topological polar surface area (TPSA) is 0 Å². The highest BCUT2D eigenvalue weighted by molar-refractivity contribution is 7.23. The first-order chi connectivity index (χ1) is 8.27. The van der Waals surface area contributed by atoms with Crippen LogP contribution in [0.1, 0.15) is 0 Å². The van der Waals surface area contributed by atoms with Crippen LogP contribution in [0.25, 0.3) is 20.2 Å². The molecular weight excluding hydrogens is 297 g/mol. The zero-order valence-corrected chi connectivity index (χ0v) is 13.1. The summed E-state index contributed by atoms with van der Waals surface area (Å²) >= 11 is 5.34. The first-order valence-electron chi connectivity index (χ1n) is 4.94. The molecule has 17 heavy (non-hydrogen) atoms. The summed E-state index contributed by atoms with van der Waals surface area (Å²) in [4.78, 5) is 3.97. The lowest BCUT2D eigenvalue weighted by Gasteiger charge is -2.01. The van der Waals surface area contributed by atoms with Gasteiger partial charge in [0.15, 0.2) is 0 Å². The number of thiophene rings is 3. The van der Waals surface area contributed by atoms with Gasteiger partial charge in [-0.15, -0.1) is 34.0 Å². The van der Waals surface area contributed by atoms with E-state index in [2.05, 4.69) is 54.8 Å². The molecule has 0 aliphatic rings. The first kappa shape index (κ1) is 11.6. The molecule has 0 aliphatic carbocycles. The van der Waals surface area contributed by atoms with E-state index < -0.39 is 0 Å². The molecule has 0 bridgehead atoms. The lowest BCUT2D eigenvalue weighted by Crippen LogP contribution is -2.22. The van der Waals surface area contributed by atoms with Gasteiger partial charge in [0.1, 0.15) is 0 Å². The molecule has 5 heteroatoms. The summed E-state index contributed by atoms with van der Waals surface area (Å²) < 4.78 is 0. The minimum absolute atomic E-state index is 1.12. The monoisotopic (exact) mass is 302 g/mol. The lowest BCUT2D eigenvalue weighted by atomic mass is 10.2. The van der Waals surface area contributed by atoms with Crippen LogP contribution in [-0.2, 0) is 0 Å². The van der Waals surface area contributed by atoms with Crippen LogP contribution in [0.2, 0.25) is 0 Å². The van der Waals surface area contributed by atoms with Gasteiger partial charge in [0.05, 0.1) is 25.4 Å². The Morgan fingerprint density at radius 2 is 1.76 bits per heavy atom. The van der Waals surface area contributed by atoms with Gasteiger partial charge < -0.3 is 0 Å². The van der Waals surface area contributed by atoms with Crippen molar-refractivity contribution in [2.24, 2.45) is 0 Å². The molecule has 3 rings (SSSR count). The Bertz CT molecular complexity index is 635. The molecule has 0 aliphatic heterocycles. The Labute approximate surface area is 119 Å². The standard InChI is InChI=1S/C12H6S3Si2/c16-9-6-15-11(12(9)17)10-7(3-5-14-10)8-2-1-4-13-8/h1-6H. The van der Waals surface area contributed by atoms with Crippen LogP contribution in [0.3, 0.4) is 0 Å². The maximum absolute atomic E-state index is 3.70. The van der Waals surface area contributed by atoms with Crippen LogP contribution < -0.4 is 10.4 Å². The van der Waals surface area contributed by atoms with Gasteiger partial charge >= 0.3 is 0 Å². The molecular formula is C12H6S3Si2. The van der Waals surface area contributed by atoms with E-state index in [1.165, 1.54) is 20.2 Å². The largest absolute Gasteiger partial charge is 0.144 e. The van der Waals surface area contributed by atoms with Crippen LogP contribution in [-0.4, -0.2) is 20.5 Å². The highest BCUT2D eigenvalue weighted by atomic mass is 32.1. The molecule has 0 N–H and O–H groups in total. The summed E-state index contributed by atoms with van der Waals surface area (Å²) in [6.07, 6.45) is 0. The predicted molar refractivity (Wildman–Crippen MR) is 81.7 cm³/mol. The van der Waals surface area contributed by atoms with E-state index in [0.717, 1.165) is 10.4 Å². The van der Waals surface area contributed by atoms with Crippen LogP contribution in [0, 0.1) is 0 Å². The van der Waals surface area contributed by atoms with Crippen molar-refractivity contribution in [3.8, 4) is 20.2 Å². The molecule has 0 amide bonds. The first-order valence-corrected chi connectivity index (χ1v) is 8.57. The zero-order chi connectivity index (χ0) is 11.8. The molecule has 0 spiro atoms. The third-order valence-corrected chi connectivity index (χ3v) is 6.96. The average Bonchev–Trinajstić information content (AvgIpc) is 3.01. The molecule has 0 atom stereocenters. The smallest absolute Gasteiger partial charge is 0.0730 e. The van der Waals surface area contributed by atoms with Gasteiger partial charge in [-0.3, -0.25) is 0 Å². The summed E-state index contributed by atoms with van der Waals surface area (Å²) in [7, 11) is 7.29. The predicted octanol–water partition coefficient (Wildman–Crippen LogP) is 2.79. The van der Waals surface area contributed by atoms with Gasteiger partial charge in [-0.05, 0) is 33.5 Å². The minimum atomic E-state index is 1.12. The molecule has 0 saturated heterocycles. The molecule has 3 heterocycles. The van der Waals surface area contributed by atoms with Gasteiger partial charge in [0.25, 0.3) is 0 Å². The fraction of sp³-hybridized carbons (Fsp3) is 0. The van der Waals surface area contributed by atoms with Crippen LogP contribution >= 0.6 is 34.0 Å². The third-order valence-electron chi connectivity index (χ3n) is 2.45. The van der Waals surface area contributed by atoms with Crippen molar-refractivity contribution in [1.29, 1.82) is 0 Å². The highest BCUT2D eigenvalue weighted by Crippen LogP contribution is 2.39. The van der Waals surface area contributed by atoms with E-state index >= 15 is 0 Å². The van der Waals surface area contributed by atoms with Crippen molar-refractivity contribution in [2.75, 3.05) is 0 Å². The molecule has 0 unspecified atom stereocenters. The maximum Gasteiger partial charge on any atom is 0.0730 e. The third kappa shape index (κ3) is 2.02. The van der Waals surface area contributed by atoms with E-state index in [0.29, 0.717) is 0 Å². The quantitative estimate of drug-likeness (QED) is 0.639. The second-order valence-electron chi connectivity index (χ2n) is 3.49. The Balaban J connectivity index is 2.17. The van der Waals surface area contributed by atoms with E-state index in [-0.39, 0.29) is 0 Å². The van der Waals surface area contributed by atoms with Crippen molar-refractivity contribution in [3.63, 3.8) is 0 Å². The molecule has 6 radical (unpaired) electrons. The van der Waals surface area contributed by atoms with Crippen LogP contribution in [0.5, 0.6) is 0 Å². The zero-order valence-electron chi connectivity index (χ0n) is 8.69. The van der Waals surface area contributed by atoms with Gasteiger partial charge in [-0.1, -0.05) is 11.3 Å². The van der Waals surface area contributed by atoms with Gasteiger partial charge in [0, 0.05) is 15.3 Å². The van der Waals surface area contributed by atoms with Crippen molar-refractivity contribution in [3.05, 3.63) is 34.3 Å². The summed E-state index contributed by atoms with van der Waals surface area (Å²) in [5.41, 5.74) is 1.33. The van der Waals surface area contributed by atoms with Crippen LogP contribution in [0.15, 0.2) is 34.3 Å². The number of rotatable bonds is 2. The van der Waals surface area contributed by atoms with Crippen molar-refractivity contribution in [2.45, 2.75) is 0 Å². The van der Waals surface area contributed by atoms with Crippen molar-refractivity contribution >= 4 is 64.9 Å². The van der Waals surface area contributed by atoms with Gasteiger partial charge in [-0.25, -0.2) is 0 Å². The SMILES string of the molecule is [Si]c1csc(-c2sccc2-c2cccs2)c1[Si]. The second-order valence-corrected chi connectivity index (χ2v) is 7.28. The minimum Gasteiger partial charge on any atom is -0.144 e. The van der Waals surface area contributed by atoms with Crippen LogP contribution in [0.4, 0.5) is 0 Å². The van der Waals surface area contributed by atoms with E-state index in [9.17, 15) is 0 Å². The maximum atomic E-state index is 3.70. The molecule has 3 aromatic heterocycles. The number of hydrogen-bond donors (Lipinski definition) is 0. The van der Waals surface area contributed by atoms with Crippen molar-refractivity contribution in [1.82, 2.24) is 0 Å². The summed E-state index contributed by atoms with van der Waals surface area (Å²) in [5, 5.41) is 8.66. The van der Waals surface area contributed by atoms with Gasteiger partial charge in [0.2, 0.25) is 0 Å². The van der Waals surface area contributed by atoms with E-state index in [1.54, 1.807) is 34.0 Å². The Kier molecular flexibility index (Phi) is 3.18. The summed E-state index contributed by atoms with van der Waals surface area (Å²) in [6.45, 7) is 0. The van der Waals surface area contributed by atoms with E-state index in [1.807, 2.05) is 0 Å².